The molecule has 1 saturated heterocycles. The third kappa shape index (κ3) is 7.89. The van der Waals surface area contributed by atoms with Gasteiger partial charge in [-0.15, -0.1) is 24.0 Å². The SMILES string of the molecule is CCNC(=NCc1ccccc1CN1CCCC1=O)NCC(C)(C)SC.I. The molecule has 0 spiro atoms. The number of guanidine groups is 1. The van der Waals surface area contributed by atoms with E-state index < -0.39 is 0 Å². The number of likely N-dealkylation sites (tertiary alicyclic amines) is 1. The first kappa shape index (κ1) is 24.1. The van der Waals surface area contributed by atoms with Crippen molar-refractivity contribution in [2.45, 2.75) is 51.4 Å². The fraction of sp³-hybridized carbons (Fsp3) is 0.600. The quantitative estimate of drug-likeness (QED) is 0.323. The van der Waals surface area contributed by atoms with Crippen LogP contribution in [0.2, 0.25) is 0 Å². The van der Waals surface area contributed by atoms with Gasteiger partial charge in [0.05, 0.1) is 6.54 Å². The van der Waals surface area contributed by atoms with Crippen molar-refractivity contribution in [1.29, 1.82) is 0 Å². The first-order chi connectivity index (χ1) is 12.4. The Kier molecular flexibility index (Phi) is 10.5. The predicted molar refractivity (Wildman–Crippen MR) is 127 cm³/mol. The summed E-state index contributed by atoms with van der Waals surface area (Å²) in [6.45, 7) is 10.3. The highest BCUT2D eigenvalue weighted by Gasteiger charge is 2.21. The van der Waals surface area contributed by atoms with Crippen LogP contribution in [-0.4, -0.2) is 47.4 Å². The fourth-order valence-corrected chi connectivity index (χ4v) is 3.03. The minimum atomic E-state index is 0. The molecule has 0 atom stereocenters. The van der Waals surface area contributed by atoms with Gasteiger partial charge in [-0.05, 0) is 44.6 Å². The van der Waals surface area contributed by atoms with E-state index in [0.717, 1.165) is 32.0 Å². The van der Waals surface area contributed by atoms with E-state index in [0.29, 0.717) is 19.5 Å². The number of hydrogen-bond acceptors (Lipinski definition) is 3. The van der Waals surface area contributed by atoms with Gasteiger partial charge in [-0.1, -0.05) is 24.3 Å². The third-order valence-corrected chi connectivity index (χ3v) is 5.89. The lowest BCUT2D eigenvalue weighted by atomic mass is 10.1. The smallest absolute Gasteiger partial charge is 0.222 e. The van der Waals surface area contributed by atoms with Crippen molar-refractivity contribution in [2.75, 3.05) is 25.9 Å². The van der Waals surface area contributed by atoms with Gasteiger partial charge in [0, 0.05) is 37.3 Å². The molecule has 0 aliphatic carbocycles. The Balaban J connectivity index is 0.00000364. The van der Waals surface area contributed by atoms with Crippen molar-refractivity contribution >= 4 is 47.6 Å². The number of carbonyl (C=O) groups is 1. The van der Waals surface area contributed by atoms with Crippen LogP contribution in [0.3, 0.4) is 0 Å². The number of halogens is 1. The van der Waals surface area contributed by atoms with Gasteiger partial charge >= 0.3 is 0 Å². The monoisotopic (exact) mass is 504 g/mol. The molecule has 0 saturated carbocycles. The van der Waals surface area contributed by atoms with Crippen LogP contribution in [0.25, 0.3) is 0 Å². The van der Waals surface area contributed by atoms with Crippen molar-refractivity contribution in [3.05, 3.63) is 35.4 Å². The van der Waals surface area contributed by atoms with Gasteiger partial charge in [-0.2, -0.15) is 11.8 Å². The molecule has 2 rings (SSSR count). The summed E-state index contributed by atoms with van der Waals surface area (Å²) in [6, 6.07) is 8.29. The number of hydrogen-bond donors (Lipinski definition) is 2. The van der Waals surface area contributed by atoms with Crippen molar-refractivity contribution in [3.63, 3.8) is 0 Å². The van der Waals surface area contributed by atoms with Gasteiger partial charge < -0.3 is 15.5 Å². The number of amides is 1. The Morgan fingerprint density at radius 3 is 2.56 bits per heavy atom. The second-order valence-electron chi connectivity index (χ2n) is 7.20. The Hall–Kier alpha value is -0.960. The van der Waals surface area contributed by atoms with E-state index in [1.54, 1.807) is 0 Å². The Morgan fingerprint density at radius 1 is 1.26 bits per heavy atom. The van der Waals surface area contributed by atoms with Crippen LogP contribution in [0.15, 0.2) is 29.3 Å². The lowest BCUT2D eigenvalue weighted by Crippen LogP contribution is -2.43. The molecular formula is C20H33IN4OS. The van der Waals surface area contributed by atoms with E-state index in [1.807, 2.05) is 28.8 Å². The van der Waals surface area contributed by atoms with E-state index in [1.165, 1.54) is 11.1 Å². The number of rotatable bonds is 8. The van der Waals surface area contributed by atoms with Crippen LogP contribution in [0.4, 0.5) is 0 Å². The molecule has 0 bridgehead atoms. The lowest BCUT2D eigenvalue weighted by molar-refractivity contribution is -0.128. The molecule has 1 fully saturated rings. The van der Waals surface area contributed by atoms with Crippen LogP contribution in [0.1, 0.15) is 44.7 Å². The lowest BCUT2D eigenvalue weighted by Gasteiger charge is -2.24. The topological polar surface area (TPSA) is 56.7 Å². The second kappa shape index (κ2) is 11.8. The third-order valence-electron chi connectivity index (χ3n) is 4.64. The largest absolute Gasteiger partial charge is 0.357 e. The molecule has 5 nitrogen and oxygen atoms in total. The molecule has 0 radical (unpaired) electrons. The maximum absolute atomic E-state index is 11.9. The molecule has 1 aliphatic heterocycles. The van der Waals surface area contributed by atoms with E-state index in [4.69, 9.17) is 4.99 Å². The van der Waals surface area contributed by atoms with Gasteiger partial charge in [0.25, 0.3) is 0 Å². The molecule has 152 valence electrons. The molecule has 1 aromatic carbocycles. The van der Waals surface area contributed by atoms with Gasteiger partial charge in [-0.25, -0.2) is 4.99 Å². The predicted octanol–water partition coefficient (Wildman–Crippen LogP) is 3.62. The van der Waals surface area contributed by atoms with Gasteiger partial charge in [0.2, 0.25) is 5.91 Å². The fourth-order valence-electron chi connectivity index (χ4n) is 2.82. The molecule has 1 heterocycles. The van der Waals surface area contributed by atoms with Gasteiger partial charge in [-0.3, -0.25) is 4.79 Å². The summed E-state index contributed by atoms with van der Waals surface area (Å²) in [5.74, 6) is 1.10. The summed E-state index contributed by atoms with van der Waals surface area (Å²) in [5, 5.41) is 6.75. The second-order valence-corrected chi connectivity index (χ2v) is 8.71. The summed E-state index contributed by atoms with van der Waals surface area (Å²) in [4.78, 5) is 18.6. The highest BCUT2D eigenvalue weighted by molar-refractivity contribution is 14.0. The molecule has 0 unspecified atom stereocenters. The molecule has 7 heteroatoms. The number of nitrogens with one attached hydrogen (secondary N) is 2. The van der Waals surface area contributed by atoms with Crippen LogP contribution >= 0.6 is 35.7 Å². The number of nitrogens with zero attached hydrogens (tertiary/aromatic N) is 2. The molecular weight excluding hydrogens is 471 g/mol. The van der Waals surface area contributed by atoms with Crippen molar-refractivity contribution in [3.8, 4) is 0 Å². The van der Waals surface area contributed by atoms with Crippen LogP contribution in [0.5, 0.6) is 0 Å². The number of benzene rings is 1. The minimum Gasteiger partial charge on any atom is -0.357 e. The maximum Gasteiger partial charge on any atom is 0.222 e. The van der Waals surface area contributed by atoms with E-state index >= 15 is 0 Å². The Morgan fingerprint density at radius 2 is 1.96 bits per heavy atom. The zero-order valence-corrected chi connectivity index (χ0v) is 20.0. The average Bonchev–Trinajstić information content (AvgIpc) is 3.03. The van der Waals surface area contributed by atoms with Gasteiger partial charge in [0.15, 0.2) is 5.96 Å². The molecule has 1 aliphatic rings. The summed E-state index contributed by atoms with van der Waals surface area (Å²) < 4.78 is 0.157. The number of thioether (sulfide) groups is 1. The normalized spacial score (nSPS) is 14.9. The highest BCUT2D eigenvalue weighted by Crippen LogP contribution is 2.20. The molecule has 27 heavy (non-hydrogen) atoms. The Bertz CT molecular complexity index is 636. The summed E-state index contributed by atoms with van der Waals surface area (Å²) >= 11 is 1.84. The summed E-state index contributed by atoms with van der Waals surface area (Å²) in [7, 11) is 0. The van der Waals surface area contributed by atoms with E-state index in [-0.39, 0.29) is 34.6 Å². The summed E-state index contributed by atoms with van der Waals surface area (Å²) in [6.07, 6.45) is 3.78. The molecule has 1 aromatic rings. The van der Waals surface area contributed by atoms with Crippen LogP contribution in [0, 0.1) is 0 Å². The molecule has 0 aromatic heterocycles. The van der Waals surface area contributed by atoms with Gasteiger partial charge in [0.1, 0.15) is 0 Å². The van der Waals surface area contributed by atoms with E-state index in [2.05, 4.69) is 49.8 Å². The Labute approximate surface area is 185 Å². The highest BCUT2D eigenvalue weighted by atomic mass is 127. The minimum absolute atomic E-state index is 0. The zero-order chi connectivity index (χ0) is 19.0. The number of aliphatic imine (C=N–C) groups is 1. The maximum atomic E-state index is 11.9. The molecule has 2 N–H and O–H groups in total. The van der Waals surface area contributed by atoms with Crippen molar-refractivity contribution in [2.24, 2.45) is 4.99 Å². The first-order valence-electron chi connectivity index (χ1n) is 9.37. The van der Waals surface area contributed by atoms with Crippen LogP contribution in [-0.2, 0) is 17.9 Å². The van der Waals surface area contributed by atoms with Crippen LogP contribution < -0.4 is 10.6 Å². The first-order valence-corrected chi connectivity index (χ1v) is 10.6. The number of carbonyl (C=O) groups excluding carboxylic acids is 1. The standard InChI is InChI=1S/C20H32N4OS.HI/c1-5-21-19(23-15-20(2,3)26-4)22-13-16-9-6-7-10-17(16)14-24-12-8-11-18(24)25;/h6-7,9-10H,5,8,11-15H2,1-4H3,(H2,21,22,23);1H. The molecule has 1 amide bonds. The zero-order valence-electron chi connectivity index (χ0n) is 16.9. The average molecular weight is 504 g/mol. The summed E-state index contributed by atoms with van der Waals surface area (Å²) in [5.41, 5.74) is 2.36. The van der Waals surface area contributed by atoms with E-state index in [9.17, 15) is 4.79 Å². The van der Waals surface area contributed by atoms with Crippen molar-refractivity contribution < 1.29 is 4.79 Å². The van der Waals surface area contributed by atoms with Crippen molar-refractivity contribution in [1.82, 2.24) is 15.5 Å².